The average Bonchev–Trinajstić information content (AvgIpc) is 3.42. The Kier molecular flexibility index (Phi) is 6.20. The van der Waals surface area contributed by atoms with E-state index in [9.17, 15) is 0 Å². The van der Waals surface area contributed by atoms with Crippen molar-refractivity contribution in [1.29, 1.82) is 0 Å². The summed E-state index contributed by atoms with van der Waals surface area (Å²) in [6, 6.07) is 12.2. The maximum atomic E-state index is 5.54. The molecule has 0 spiro atoms. The van der Waals surface area contributed by atoms with Gasteiger partial charge in [-0.25, -0.2) is 0 Å². The van der Waals surface area contributed by atoms with Crippen molar-refractivity contribution in [3.63, 3.8) is 0 Å². The minimum absolute atomic E-state index is 0.613. The number of nitrogens with zero attached hydrogens (tertiary/aromatic N) is 4. The van der Waals surface area contributed by atoms with Gasteiger partial charge in [-0.2, -0.15) is 4.98 Å². The Balaban J connectivity index is 1.39. The fourth-order valence-corrected chi connectivity index (χ4v) is 4.75. The first-order chi connectivity index (χ1) is 13.3. The van der Waals surface area contributed by atoms with Gasteiger partial charge in [0.15, 0.2) is 5.82 Å². The first-order valence-electron chi connectivity index (χ1n) is 10.7. The summed E-state index contributed by atoms with van der Waals surface area (Å²) in [6.45, 7) is 6.42. The van der Waals surface area contributed by atoms with Crippen LogP contribution in [0.1, 0.15) is 62.7 Å². The zero-order valence-electron chi connectivity index (χ0n) is 16.5. The molecule has 3 heterocycles. The second-order valence-corrected chi connectivity index (χ2v) is 8.05. The van der Waals surface area contributed by atoms with Gasteiger partial charge in [-0.3, -0.25) is 9.80 Å². The highest BCUT2D eigenvalue weighted by molar-refractivity contribution is 5.15. The highest BCUT2D eigenvalue weighted by Gasteiger charge is 2.38. The van der Waals surface area contributed by atoms with Gasteiger partial charge in [-0.05, 0) is 50.8 Å². The Labute approximate surface area is 162 Å². The third kappa shape index (κ3) is 4.58. The van der Waals surface area contributed by atoms with Crippen LogP contribution < -0.4 is 0 Å². The van der Waals surface area contributed by atoms with Gasteiger partial charge in [-0.1, -0.05) is 48.8 Å². The summed E-state index contributed by atoms with van der Waals surface area (Å²) in [7, 11) is 0. The van der Waals surface area contributed by atoms with Gasteiger partial charge in [-0.15, -0.1) is 0 Å². The van der Waals surface area contributed by atoms with Crippen LogP contribution in [0.3, 0.4) is 0 Å². The van der Waals surface area contributed by atoms with Gasteiger partial charge >= 0.3 is 0 Å². The molecule has 2 aromatic rings. The molecule has 27 heavy (non-hydrogen) atoms. The molecule has 0 radical (unpaired) electrons. The van der Waals surface area contributed by atoms with E-state index in [1.165, 1.54) is 37.8 Å². The molecule has 4 rings (SSSR count). The lowest BCUT2D eigenvalue weighted by molar-refractivity contribution is 0.115. The Morgan fingerprint density at radius 3 is 2.41 bits per heavy atom. The summed E-state index contributed by atoms with van der Waals surface area (Å²) in [6.07, 6.45) is 8.39. The van der Waals surface area contributed by atoms with Crippen molar-refractivity contribution in [2.24, 2.45) is 0 Å². The molecule has 2 aliphatic rings. The molecular weight excluding hydrogens is 336 g/mol. The van der Waals surface area contributed by atoms with E-state index < -0.39 is 0 Å². The maximum absolute atomic E-state index is 5.54. The number of likely N-dealkylation sites (tertiary alicyclic amines) is 2. The zero-order chi connectivity index (χ0) is 18.5. The van der Waals surface area contributed by atoms with Crippen molar-refractivity contribution in [3.05, 3.63) is 47.6 Å². The summed E-state index contributed by atoms with van der Waals surface area (Å²) in [4.78, 5) is 9.91. The standard InChI is InChI=1S/C22H32N4O/c1-2-3-13-21-23-22(27-24-21)17-26-15-8-12-20(26)19-11-7-14-25(19)16-18-9-5-4-6-10-18/h4-6,9-10,19-20H,2-3,7-8,11-17H2,1H3/t19-,20-/m0/s1. The third-order valence-electron chi connectivity index (χ3n) is 6.10. The fourth-order valence-electron chi connectivity index (χ4n) is 4.75. The SMILES string of the molecule is CCCCc1noc(CN2CCC[C@H]2[C@@H]2CCCN2Cc2ccccc2)n1. The van der Waals surface area contributed by atoms with Crippen LogP contribution in [-0.4, -0.2) is 45.1 Å². The molecule has 1 aromatic carbocycles. The van der Waals surface area contributed by atoms with E-state index in [0.717, 1.165) is 50.6 Å². The normalized spacial score (nSPS) is 24.0. The molecule has 5 heteroatoms. The van der Waals surface area contributed by atoms with Crippen molar-refractivity contribution < 1.29 is 4.52 Å². The first kappa shape index (κ1) is 18.6. The Hall–Kier alpha value is -1.72. The van der Waals surface area contributed by atoms with Crippen LogP contribution in [0.25, 0.3) is 0 Å². The highest BCUT2D eigenvalue weighted by Crippen LogP contribution is 2.31. The number of aromatic nitrogens is 2. The van der Waals surface area contributed by atoms with E-state index in [2.05, 4.69) is 57.2 Å². The molecule has 0 saturated carbocycles. The molecule has 5 nitrogen and oxygen atoms in total. The fraction of sp³-hybridized carbons (Fsp3) is 0.636. The summed E-state index contributed by atoms with van der Waals surface area (Å²) in [5.74, 6) is 1.66. The van der Waals surface area contributed by atoms with E-state index in [4.69, 9.17) is 4.52 Å². The maximum Gasteiger partial charge on any atom is 0.240 e. The third-order valence-corrected chi connectivity index (χ3v) is 6.10. The van der Waals surface area contributed by atoms with Crippen LogP contribution in [0.5, 0.6) is 0 Å². The lowest BCUT2D eigenvalue weighted by atomic mass is 10.0. The first-order valence-corrected chi connectivity index (χ1v) is 10.7. The average molecular weight is 369 g/mol. The number of hydrogen-bond acceptors (Lipinski definition) is 5. The molecule has 1 aromatic heterocycles. The zero-order valence-corrected chi connectivity index (χ0v) is 16.5. The van der Waals surface area contributed by atoms with Gasteiger partial charge in [0.2, 0.25) is 5.89 Å². The van der Waals surface area contributed by atoms with Crippen LogP contribution in [0.2, 0.25) is 0 Å². The molecule has 0 unspecified atom stereocenters. The summed E-state index contributed by atoms with van der Waals surface area (Å²) in [5.41, 5.74) is 1.42. The molecule has 0 amide bonds. The smallest absolute Gasteiger partial charge is 0.240 e. The van der Waals surface area contributed by atoms with Crippen LogP contribution in [0.4, 0.5) is 0 Å². The topological polar surface area (TPSA) is 45.4 Å². The minimum Gasteiger partial charge on any atom is -0.338 e. The quantitative estimate of drug-likeness (QED) is 0.704. The van der Waals surface area contributed by atoms with Crippen LogP contribution in [0.15, 0.2) is 34.9 Å². The van der Waals surface area contributed by atoms with E-state index in [-0.39, 0.29) is 0 Å². The monoisotopic (exact) mass is 368 g/mol. The van der Waals surface area contributed by atoms with E-state index in [1.54, 1.807) is 0 Å². The van der Waals surface area contributed by atoms with Crippen molar-refractivity contribution >= 4 is 0 Å². The van der Waals surface area contributed by atoms with Crippen LogP contribution in [-0.2, 0) is 19.5 Å². The van der Waals surface area contributed by atoms with E-state index in [1.807, 2.05) is 0 Å². The number of aryl methyl sites for hydroxylation is 1. The van der Waals surface area contributed by atoms with Crippen molar-refractivity contribution in [2.75, 3.05) is 13.1 Å². The predicted molar refractivity (Wildman–Crippen MR) is 106 cm³/mol. The molecule has 0 bridgehead atoms. The number of hydrogen-bond donors (Lipinski definition) is 0. The molecule has 146 valence electrons. The van der Waals surface area contributed by atoms with Crippen LogP contribution >= 0.6 is 0 Å². The van der Waals surface area contributed by atoms with Gasteiger partial charge in [0, 0.05) is 25.0 Å². The number of rotatable bonds is 8. The Morgan fingerprint density at radius 1 is 1.00 bits per heavy atom. The van der Waals surface area contributed by atoms with E-state index in [0.29, 0.717) is 12.1 Å². The molecule has 2 aliphatic heterocycles. The highest BCUT2D eigenvalue weighted by atomic mass is 16.5. The second kappa shape index (κ2) is 8.98. The van der Waals surface area contributed by atoms with Gasteiger partial charge in [0.25, 0.3) is 0 Å². The van der Waals surface area contributed by atoms with Crippen molar-refractivity contribution in [2.45, 2.75) is 77.0 Å². The van der Waals surface area contributed by atoms with E-state index >= 15 is 0 Å². The molecular formula is C22H32N4O. The Morgan fingerprint density at radius 2 is 1.70 bits per heavy atom. The predicted octanol–water partition coefficient (Wildman–Crippen LogP) is 4.04. The van der Waals surface area contributed by atoms with Crippen molar-refractivity contribution in [3.8, 4) is 0 Å². The largest absolute Gasteiger partial charge is 0.338 e. The minimum atomic E-state index is 0.613. The summed E-state index contributed by atoms with van der Waals surface area (Å²) >= 11 is 0. The van der Waals surface area contributed by atoms with Gasteiger partial charge < -0.3 is 4.52 Å². The van der Waals surface area contributed by atoms with Crippen LogP contribution in [0, 0.1) is 0 Å². The second-order valence-electron chi connectivity index (χ2n) is 8.05. The number of unbranched alkanes of at least 4 members (excludes halogenated alkanes) is 1. The number of benzene rings is 1. The lowest BCUT2D eigenvalue weighted by Crippen LogP contribution is -2.45. The molecule has 0 N–H and O–H groups in total. The molecule has 2 fully saturated rings. The summed E-state index contributed by atoms with van der Waals surface area (Å²) in [5, 5.41) is 4.17. The molecule has 2 atom stereocenters. The van der Waals surface area contributed by atoms with Gasteiger partial charge in [0.05, 0.1) is 6.54 Å². The Bertz CT molecular complexity index is 701. The van der Waals surface area contributed by atoms with Crippen molar-refractivity contribution in [1.82, 2.24) is 19.9 Å². The lowest BCUT2D eigenvalue weighted by Gasteiger charge is -2.34. The molecule has 0 aliphatic carbocycles. The summed E-state index contributed by atoms with van der Waals surface area (Å²) < 4.78 is 5.54. The molecule has 2 saturated heterocycles. The van der Waals surface area contributed by atoms with Gasteiger partial charge in [0.1, 0.15) is 0 Å².